The van der Waals surface area contributed by atoms with Crippen molar-refractivity contribution in [2.45, 2.75) is 33.9 Å². The molecule has 7 nitrogen and oxygen atoms in total. The summed E-state index contributed by atoms with van der Waals surface area (Å²) in [4.78, 5) is 22.4. The summed E-state index contributed by atoms with van der Waals surface area (Å²) in [6, 6.07) is 7.22. The van der Waals surface area contributed by atoms with E-state index in [1.807, 2.05) is 12.1 Å². The van der Waals surface area contributed by atoms with E-state index in [1.54, 1.807) is 24.7 Å². The van der Waals surface area contributed by atoms with E-state index in [1.165, 1.54) is 19.6 Å². The zero-order valence-corrected chi connectivity index (χ0v) is 22.9. The standard InChI is InChI=1S/C7H8ClNO2.C6H15N.C5H7NO.C2H2Cl2O.CH2Cl2/c8-4-7(10)9-5-6-2-1-3-11-6;1-4-7(5-2)6-3;6-4-5-2-1-3-7-5;3-1-2(4)5;2-1-3/h1-3H,4-5H2,(H,9,10);4-6H2,1-3H3;1-3H,4,6H2;1H2;1H2. The first-order valence-corrected chi connectivity index (χ1v) is 12.5. The maximum Gasteiger partial charge on any atom is 0.236 e. The molecule has 1 amide bonds. The average Bonchev–Trinajstić information content (AvgIpc) is 3.54. The second-order valence-electron chi connectivity index (χ2n) is 5.48. The maximum absolute atomic E-state index is 10.6. The van der Waals surface area contributed by atoms with Crippen molar-refractivity contribution in [2.24, 2.45) is 5.73 Å². The molecule has 3 N–H and O–H groups in total. The quantitative estimate of drug-likeness (QED) is 0.316. The lowest BCUT2D eigenvalue weighted by atomic mass is 10.4. The van der Waals surface area contributed by atoms with Crippen molar-refractivity contribution < 1.29 is 18.4 Å². The molecular formula is C21H34Cl5N3O4. The van der Waals surface area contributed by atoms with Gasteiger partial charge in [0, 0.05) is 0 Å². The Labute approximate surface area is 221 Å². The second kappa shape index (κ2) is 29.1. The van der Waals surface area contributed by atoms with Crippen LogP contribution >= 0.6 is 58.0 Å². The van der Waals surface area contributed by atoms with Gasteiger partial charge in [-0.1, -0.05) is 20.8 Å². The van der Waals surface area contributed by atoms with Gasteiger partial charge in [0.15, 0.2) is 0 Å². The van der Waals surface area contributed by atoms with E-state index in [0.717, 1.165) is 11.5 Å². The zero-order valence-electron chi connectivity index (χ0n) is 19.2. The van der Waals surface area contributed by atoms with E-state index in [4.69, 9.17) is 72.6 Å². The summed E-state index contributed by atoms with van der Waals surface area (Å²) in [5, 5.41) is 2.26. The van der Waals surface area contributed by atoms with E-state index >= 15 is 0 Å². The topological polar surface area (TPSA) is 102 Å². The largest absolute Gasteiger partial charge is 0.468 e. The summed E-state index contributed by atoms with van der Waals surface area (Å²) in [5.74, 6) is 1.26. The molecule has 0 aromatic carbocycles. The molecule has 2 rings (SSSR count). The van der Waals surface area contributed by atoms with Crippen molar-refractivity contribution in [3.8, 4) is 0 Å². The molecule has 0 saturated heterocycles. The Morgan fingerprint density at radius 2 is 1.33 bits per heavy atom. The van der Waals surface area contributed by atoms with Gasteiger partial charge in [-0.05, 0) is 55.5 Å². The number of hydrogen-bond acceptors (Lipinski definition) is 6. The van der Waals surface area contributed by atoms with E-state index in [9.17, 15) is 9.59 Å². The molecule has 33 heavy (non-hydrogen) atoms. The lowest BCUT2D eigenvalue weighted by molar-refractivity contribution is -0.119. The number of nitrogens with zero attached hydrogens (tertiary/aromatic N) is 1. The normalized spacial score (nSPS) is 9.03. The van der Waals surface area contributed by atoms with Crippen LogP contribution in [-0.4, -0.2) is 52.8 Å². The van der Waals surface area contributed by atoms with Crippen LogP contribution in [0, 0.1) is 0 Å². The first-order valence-electron chi connectivity index (χ1n) is 9.95. The third-order valence-electron chi connectivity index (χ3n) is 3.39. The third kappa shape index (κ3) is 29.0. The van der Waals surface area contributed by atoms with Crippen molar-refractivity contribution in [3.05, 3.63) is 48.3 Å². The van der Waals surface area contributed by atoms with Crippen LogP contribution < -0.4 is 11.1 Å². The monoisotopic (exact) mass is 567 g/mol. The van der Waals surface area contributed by atoms with Gasteiger partial charge in [0.25, 0.3) is 0 Å². The third-order valence-corrected chi connectivity index (χ3v) is 4.15. The highest BCUT2D eigenvalue weighted by molar-refractivity contribution is 6.67. The van der Waals surface area contributed by atoms with Crippen molar-refractivity contribution in [2.75, 3.05) is 36.7 Å². The number of nitrogens with two attached hydrogens (primary N) is 1. The smallest absolute Gasteiger partial charge is 0.236 e. The van der Waals surface area contributed by atoms with Gasteiger partial charge < -0.3 is 24.8 Å². The summed E-state index contributed by atoms with van der Waals surface area (Å²) in [5.41, 5.74) is 5.20. The Hall–Kier alpha value is -0.930. The van der Waals surface area contributed by atoms with Crippen LogP contribution in [0.5, 0.6) is 0 Å². The Morgan fingerprint density at radius 3 is 1.55 bits per heavy atom. The van der Waals surface area contributed by atoms with Gasteiger partial charge >= 0.3 is 0 Å². The van der Waals surface area contributed by atoms with Crippen molar-refractivity contribution in [3.63, 3.8) is 0 Å². The predicted molar refractivity (Wildman–Crippen MR) is 139 cm³/mol. The van der Waals surface area contributed by atoms with Gasteiger partial charge in [0.1, 0.15) is 17.4 Å². The molecule has 0 atom stereocenters. The Morgan fingerprint density at radius 1 is 0.909 bits per heavy atom. The summed E-state index contributed by atoms with van der Waals surface area (Å²) >= 11 is 24.3. The maximum atomic E-state index is 10.6. The molecule has 2 aromatic rings. The zero-order chi connectivity index (χ0) is 25.9. The van der Waals surface area contributed by atoms with Crippen LogP contribution in [0.3, 0.4) is 0 Å². The van der Waals surface area contributed by atoms with Gasteiger partial charge in [0.2, 0.25) is 11.1 Å². The molecule has 0 aliphatic rings. The van der Waals surface area contributed by atoms with Crippen LogP contribution in [-0.2, 0) is 22.7 Å². The molecular weight excluding hydrogens is 536 g/mol. The fourth-order valence-corrected chi connectivity index (χ4v) is 1.84. The number of carbonyl (C=O) groups excluding carboxylic acids is 2. The second-order valence-corrected chi connectivity index (χ2v) is 7.25. The van der Waals surface area contributed by atoms with Crippen molar-refractivity contribution in [1.29, 1.82) is 0 Å². The first kappa shape index (κ1) is 36.6. The predicted octanol–water partition coefficient (Wildman–Crippen LogP) is 5.63. The van der Waals surface area contributed by atoms with Crippen LogP contribution in [0.1, 0.15) is 32.3 Å². The number of furan rings is 2. The number of halogens is 5. The molecule has 2 aromatic heterocycles. The molecule has 0 bridgehead atoms. The minimum absolute atomic E-state index is 0.0132. The van der Waals surface area contributed by atoms with Crippen LogP contribution in [0.2, 0.25) is 0 Å². The average molecular weight is 570 g/mol. The lowest BCUT2D eigenvalue weighted by Gasteiger charge is -2.13. The lowest BCUT2D eigenvalue weighted by Crippen LogP contribution is -2.23. The van der Waals surface area contributed by atoms with Crippen molar-refractivity contribution >= 4 is 69.2 Å². The van der Waals surface area contributed by atoms with Gasteiger partial charge in [0.05, 0.1) is 36.8 Å². The number of alkyl halides is 4. The first-order chi connectivity index (χ1) is 15.8. The van der Waals surface area contributed by atoms with Crippen LogP contribution in [0.4, 0.5) is 0 Å². The summed E-state index contributed by atoms with van der Waals surface area (Å²) < 4.78 is 9.83. The number of hydrogen-bond donors (Lipinski definition) is 2. The van der Waals surface area contributed by atoms with Crippen LogP contribution in [0.25, 0.3) is 0 Å². The number of nitrogens with one attached hydrogen (secondary N) is 1. The molecule has 0 radical (unpaired) electrons. The molecule has 192 valence electrons. The fraction of sp³-hybridized carbons (Fsp3) is 0.524. The van der Waals surface area contributed by atoms with Gasteiger partial charge in [-0.3, -0.25) is 9.59 Å². The highest BCUT2D eigenvalue weighted by atomic mass is 35.5. The SMILES string of the molecule is CCN(CC)CC.ClCCl.NCc1ccco1.O=C(CCl)NCc1ccco1.O=C(Cl)CCl. The number of rotatable bonds is 8. The molecule has 12 heteroatoms. The fourth-order valence-electron chi connectivity index (χ4n) is 1.75. The van der Waals surface area contributed by atoms with Gasteiger partial charge in [-0.25, -0.2) is 0 Å². The molecule has 0 fully saturated rings. The molecule has 0 saturated carbocycles. The summed E-state index contributed by atoms with van der Waals surface area (Å²) in [7, 11) is 0. The Bertz CT molecular complexity index is 635. The Balaban J connectivity index is -0.000000363. The molecule has 0 unspecified atom stereocenters. The molecule has 0 aliphatic carbocycles. The molecule has 0 spiro atoms. The van der Waals surface area contributed by atoms with Gasteiger partial charge in [-0.15, -0.1) is 46.4 Å². The minimum atomic E-state index is -0.508. The van der Waals surface area contributed by atoms with E-state index in [-0.39, 0.29) is 23.0 Å². The summed E-state index contributed by atoms with van der Waals surface area (Å²) in [6.45, 7) is 11.0. The molecule has 0 aliphatic heterocycles. The van der Waals surface area contributed by atoms with E-state index in [2.05, 4.69) is 31.0 Å². The number of carbonyl (C=O) groups is 2. The van der Waals surface area contributed by atoms with E-state index < -0.39 is 5.24 Å². The van der Waals surface area contributed by atoms with Gasteiger partial charge in [-0.2, -0.15) is 0 Å². The highest BCUT2D eigenvalue weighted by Crippen LogP contribution is 1.98. The van der Waals surface area contributed by atoms with Crippen LogP contribution in [0.15, 0.2) is 45.6 Å². The van der Waals surface area contributed by atoms with E-state index in [0.29, 0.717) is 13.1 Å². The Kier molecular flexibility index (Phi) is 32.3. The molecule has 2 heterocycles. The highest BCUT2D eigenvalue weighted by Gasteiger charge is 1.98. The summed E-state index contributed by atoms with van der Waals surface area (Å²) in [6.07, 6.45) is 3.17. The number of amides is 1. The van der Waals surface area contributed by atoms with Crippen molar-refractivity contribution in [1.82, 2.24) is 10.2 Å². The minimum Gasteiger partial charge on any atom is -0.468 e.